The van der Waals surface area contributed by atoms with Crippen LogP contribution in [-0.4, -0.2) is 4.92 Å². The topological polar surface area (TPSA) is 82.3 Å². The van der Waals surface area contributed by atoms with Gasteiger partial charge in [0.15, 0.2) is 0 Å². The Labute approximate surface area is 102 Å². The molecule has 1 aromatic carbocycles. The fraction of sp³-hybridized carbons (Fsp3) is 0.0909. The van der Waals surface area contributed by atoms with E-state index in [9.17, 15) is 10.1 Å². The molecule has 0 radical (unpaired) electrons. The van der Waals surface area contributed by atoms with E-state index in [0.717, 1.165) is 0 Å². The third kappa shape index (κ3) is 2.30. The normalized spacial score (nSPS) is 12.4. The highest BCUT2D eigenvalue weighted by atomic mass is 35.5. The second-order valence-electron chi connectivity index (χ2n) is 3.45. The molecule has 0 aliphatic carbocycles. The average Bonchev–Trinajstić information content (AvgIpc) is 2.80. The van der Waals surface area contributed by atoms with E-state index in [4.69, 9.17) is 21.8 Å². The number of benzene rings is 1. The third-order valence-electron chi connectivity index (χ3n) is 2.37. The molecule has 0 bridgehead atoms. The predicted octanol–water partition coefficient (Wildman–Crippen LogP) is 2.89. The molecule has 2 aromatic rings. The minimum absolute atomic E-state index is 0.0710. The van der Waals surface area contributed by atoms with Crippen molar-refractivity contribution in [2.45, 2.75) is 6.04 Å². The number of furan rings is 1. The summed E-state index contributed by atoms with van der Waals surface area (Å²) in [6.45, 7) is 0. The molecule has 0 saturated heterocycles. The van der Waals surface area contributed by atoms with E-state index in [0.29, 0.717) is 16.3 Å². The van der Waals surface area contributed by atoms with Gasteiger partial charge in [-0.2, -0.15) is 0 Å². The van der Waals surface area contributed by atoms with Crippen molar-refractivity contribution >= 4 is 17.3 Å². The number of nitrogens with two attached hydrogens (primary N) is 1. The van der Waals surface area contributed by atoms with Gasteiger partial charge in [0.25, 0.3) is 5.69 Å². The van der Waals surface area contributed by atoms with Crippen LogP contribution < -0.4 is 5.73 Å². The Kier molecular flexibility index (Phi) is 3.12. The summed E-state index contributed by atoms with van der Waals surface area (Å²) in [5.41, 5.74) is 6.17. The lowest BCUT2D eigenvalue weighted by atomic mass is 10.0. The van der Waals surface area contributed by atoms with E-state index in [1.54, 1.807) is 12.1 Å². The minimum Gasteiger partial charge on any atom is -0.467 e. The summed E-state index contributed by atoms with van der Waals surface area (Å²) in [5.74, 6) is 0.454. The number of nitro benzene ring substituents is 1. The molecule has 0 aliphatic heterocycles. The highest BCUT2D eigenvalue weighted by Gasteiger charge is 2.22. The molecular weight excluding hydrogens is 244 g/mol. The van der Waals surface area contributed by atoms with Crippen molar-refractivity contribution in [1.29, 1.82) is 0 Å². The fourth-order valence-corrected chi connectivity index (χ4v) is 1.74. The quantitative estimate of drug-likeness (QED) is 0.673. The van der Waals surface area contributed by atoms with Crippen LogP contribution in [0.3, 0.4) is 0 Å². The molecule has 5 nitrogen and oxygen atoms in total. The number of nitro groups is 1. The molecule has 0 saturated carbocycles. The zero-order valence-electron chi connectivity index (χ0n) is 8.67. The van der Waals surface area contributed by atoms with Crippen molar-refractivity contribution in [3.8, 4) is 0 Å². The highest BCUT2D eigenvalue weighted by molar-refractivity contribution is 6.30. The molecule has 1 unspecified atom stereocenters. The van der Waals surface area contributed by atoms with Crippen LogP contribution in [0, 0.1) is 10.1 Å². The van der Waals surface area contributed by atoms with E-state index in [1.165, 1.54) is 24.5 Å². The summed E-state index contributed by atoms with van der Waals surface area (Å²) in [6.07, 6.45) is 1.46. The molecule has 0 aliphatic rings. The Morgan fingerprint density at radius 3 is 2.76 bits per heavy atom. The van der Waals surface area contributed by atoms with Gasteiger partial charge in [-0.15, -0.1) is 0 Å². The van der Waals surface area contributed by atoms with Crippen LogP contribution in [0.5, 0.6) is 0 Å². The molecule has 1 atom stereocenters. The summed E-state index contributed by atoms with van der Waals surface area (Å²) < 4.78 is 5.13. The van der Waals surface area contributed by atoms with Crippen molar-refractivity contribution in [3.05, 3.63) is 63.1 Å². The Morgan fingerprint density at radius 1 is 1.41 bits per heavy atom. The van der Waals surface area contributed by atoms with E-state index in [2.05, 4.69) is 0 Å². The maximum Gasteiger partial charge on any atom is 0.274 e. The SMILES string of the molecule is NC(c1ccco1)c1cc(Cl)ccc1[N+](=O)[O-]. The Hall–Kier alpha value is -1.85. The summed E-state index contributed by atoms with van der Waals surface area (Å²) in [7, 11) is 0. The first-order valence-electron chi connectivity index (χ1n) is 4.82. The van der Waals surface area contributed by atoms with Crippen LogP contribution in [0.4, 0.5) is 5.69 Å². The van der Waals surface area contributed by atoms with Crippen molar-refractivity contribution < 1.29 is 9.34 Å². The van der Waals surface area contributed by atoms with Gasteiger partial charge in [-0.25, -0.2) is 0 Å². The van der Waals surface area contributed by atoms with E-state index >= 15 is 0 Å². The molecule has 6 heteroatoms. The van der Waals surface area contributed by atoms with Crippen LogP contribution in [0.25, 0.3) is 0 Å². The lowest BCUT2D eigenvalue weighted by Gasteiger charge is -2.09. The Bertz CT molecular complexity index is 540. The van der Waals surface area contributed by atoms with Crippen LogP contribution in [0.2, 0.25) is 5.02 Å². The van der Waals surface area contributed by atoms with Crippen molar-refractivity contribution in [2.24, 2.45) is 5.73 Å². The van der Waals surface area contributed by atoms with Crippen LogP contribution in [0.1, 0.15) is 17.4 Å². The molecule has 2 N–H and O–H groups in total. The van der Waals surface area contributed by atoms with Gasteiger partial charge >= 0.3 is 0 Å². The van der Waals surface area contributed by atoms with Gasteiger partial charge < -0.3 is 10.2 Å². The van der Waals surface area contributed by atoms with Gasteiger partial charge in [0.05, 0.1) is 22.8 Å². The summed E-state index contributed by atoms with van der Waals surface area (Å²) >= 11 is 5.82. The van der Waals surface area contributed by atoms with Crippen molar-refractivity contribution in [1.82, 2.24) is 0 Å². The van der Waals surface area contributed by atoms with Gasteiger partial charge in [0.2, 0.25) is 0 Å². The second-order valence-corrected chi connectivity index (χ2v) is 3.89. The van der Waals surface area contributed by atoms with Crippen molar-refractivity contribution in [3.63, 3.8) is 0 Å². The van der Waals surface area contributed by atoms with E-state index in [-0.39, 0.29) is 5.69 Å². The number of hydrogen-bond donors (Lipinski definition) is 1. The maximum absolute atomic E-state index is 10.9. The maximum atomic E-state index is 10.9. The molecule has 88 valence electrons. The summed E-state index contributed by atoms with van der Waals surface area (Å²) in [5, 5.41) is 11.3. The molecule has 0 fully saturated rings. The van der Waals surface area contributed by atoms with Crippen LogP contribution >= 0.6 is 11.6 Å². The number of hydrogen-bond acceptors (Lipinski definition) is 4. The predicted molar refractivity (Wildman–Crippen MR) is 62.8 cm³/mol. The molecule has 0 spiro atoms. The van der Waals surface area contributed by atoms with Gasteiger partial charge in [0, 0.05) is 11.1 Å². The third-order valence-corrected chi connectivity index (χ3v) is 2.61. The minimum atomic E-state index is -0.705. The van der Waals surface area contributed by atoms with Gasteiger partial charge in [0.1, 0.15) is 5.76 Å². The lowest BCUT2D eigenvalue weighted by Crippen LogP contribution is -2.13. The molecule has 2 rings (SSSR count). The number of rotatable bonds is 3. The monoisotopic (exact) mass is 252 g/mol. The molecule has 1 heterocycles. The number of halogens is 1. The van der Waals surface area contributed by atoms with Crippen molar-refractivity contribution in [2.75, 3.05) is 0 Å². The summed E-state index contributed by atoms with van der Waals surface area (Å²) in [4.78, 5) is 10.4. The first kappa shape index (κ1) is 11.6. The van der Waals surface area contributed by atoms with Gasteiger partial charge in [-0.3, -0.25) is 10.1 Å². The van der Waals surface area contributed by atoms with Crippen LogP contribution in [0.15, 0.2) is 41.0 Å². The van der Waals surface area contributed by atoms with Gasteiger partial charge in [-0.05, 0) is 24.3 Å². The Morgan fingerprint density at radius 2 is 2.18 bits per heavy atom. The molecule has 0 amide bonds. The lowest BCUT2D eigenvalue weighted by molar-refractivity contribution is -0.385. The van der Waals surface area contributed by atoms with E-state index in [1.807, 2.05) is 0 Å². The smallest absolute Gasteiger partial charge is 0.274 e. The first-order chi connectivity index (χ1) is 8.09. The van der Waals surface area contributed by atoms with Crippen LogP contribution in [-0.2, 0) is 0 Å². The molecule has 1 aromatic heterocycles. The highest BCUT2D eigenvalue weighted by Crippen LogP contribution is 2.30. The van der Waals surface area contributed by atoms with Gasteiger partial charge in [-0.1, -0.05) is 11.6 Å². The largest absolute Gasteiger partial charge is 0.467 e. The average molecular weight is 253 g/mol. The van der Waals surface area contributed by atoms with E-state index < -0.39 is 11.0 Å². The molecule has 17 heavy (non-hydrogen) atoms. The second kappa shape index (κ2) is 4.57. The zero-order chi connectivity index (χ0) is 12.4. The zero-order valence-corrected chi connectivity index (χ0v) is 9.42. The summed E-state index contributed by atoms with van der Waals surface area (Å²) in [6, 6.07) is 6.90. The fourth-order valence-electron chi connectivity index (χ4n) is 1.56. The number of nitrogens with zero attached hydrogens (tertiary/aromatic N) is 1. The standard InChI is InChI=1S/C11H9ClN2O3/c12-7-3-4-9(14(15)16)8(6-7)11(13)10-2-1-5-17-10/h1-6,11H,13H2. The first-order valence-corrected chi connectivity index (χ1v) is 5.20. The Balaban J connectivity index is 2.50. The molecular formula is C11H9ClN2O3.